The summed E-state index contributed by atoms with van der Waals surface area (Å²) < 4.78 is 30.0. The van der Waals surface area contributed by atoms with Gasteiger partial charge in [0.15, 0.2) is 9.84 Å². The third-order valence-corrected chi connectivity index (χ3v) is 6.74. The zero-order chi connectivity index (χ0) is 19.2. The maximum absolute atomic E-state index is 12.2. The molecule has 1 amide bonds. The summed E-state index contributed by atoms with van der Waals surface area (Å²) in [5.74, 6) is 0.278. The monoisotopic (exact) mass is 375 g/mol. The molecule has 0 spiro atoms. The molecule has 0 saturated heterocycles. The highest BCUT2D eigenvalue weighted by atomic mass is 32.2. The van der Waals surface area contributed by atoms with Crippen molar-refractivity contribution in [1.82, 2.24) is 5.32 Å². The fraction of sp³-hybridized carbons (Fsp3) is 0.350. The zero-order valence-electron chi connectivity index (χ0n) is 15.3. The first-order valence-electron chi connectivity index (χ1n) is 8.57. The van der Waals surface area contributed by atoms with E-state index in [1.165, 1.54) is 6.92 Å². The number of hydrogen-bond donors (Lipinski definition) is 1. The molecule has 0 unspecified atom stereocenters. The van der Waals surface area contributed by atoms with Crippen molar-refractivity contribution in [2.75, 3.05) is 0 Å². The van der Waals surface area contributed by atoms with Gasteiger partial charge in [0.25, 0.3) is 0 Å². The highest BCUT2D eigenvalue weighted by Crippen LogP contribution is 2.15. The van der Waals surface area contributed by atoms with Crippen molar-refractivity contribution in [2.45, 2.75) is 44.4 Å². The van der Waals surface area contributed by atoms with E-state index in [1.54, 1.807) is 13.8 Å². The van der Waals surface area contributed by atoms with Gasteiger partial charge in [-0.2, -0.15) is 0 Å². The van der Waals surface area contributed by atoms with E-state index < -0.39 is 26.2 Å². The second kappa shape index (κ2) is 8.85. The smallest absolute Gasteiger partial charge is 0.238 e. The van der Waals surface area contributed by atoms with Gasteiger partial charge in [0.05, 0.1) is 5.25 Å². The maximum Gasteiger partial charge on any atom is 0.238 e. The van der Waals surface area contributed by atoms with E-state index >= 15 is 0 Å². The molecule has 0 saturated carbocycles. The van der Waals surface area contributed by atoms with Crippen molar-refractivity contribution >= 4 is 15.7 Å². The number of ether oxygens (including phenoxy) is 1. The topological polar surface area (TPSA) is 72.5 Å². The SMILES string of the molecule is CC(C)S(=O)(=O)[C@H](C)C(=O)NCc1ccccc1COc1ccccc1. The second-order valence-corrected chi connectivity index (χ2v) is 9.20. The van der Waals surface area contributed by atoms with E-state index in [0.29, 0.717) is 6.61 Å². The summed E-state index contributed by atoms with van der Waals surface area (Å²) in [7, 11) is -3.47. The van der Waals surface area contributed by atoms with Gasteiger partial charge < -0.3 is 10.1 Å². The van der Waals surface area contributed by atoms with Crippen LogP contribution < -0.4 is 10.1 Å². The summed E-state index contributed by atoms with van der Waals surface area (Å²) in [4.78, 5) is 12.2. The molecule has 2 aromatic rings. The summed E-state index contributed by atoms with van der Waals surface area (Å²) in [6.45, 7) is 5.21. The lowest BCUT2D eigenvalue weighted by Gasteiger charge is -2.17. The van der Waals surface area contributed by atoms with Gasteiger partial charge in [0.1, 0.15) is 17.6 Å². The van der Waals surface area contributed by atoms with Gasteiger partial charge in [-0.25, -0.2) is 8.42 Å². The largest absolute Gasteiger partial charge is 0.489 e. The van der Waals surface area contributed by atoms with Crippen molar-refractivity contribution in [3.8, 4) is 5.75 Å². The number of para-hydroxylation sites is 1. The molecule has 6 heteroatoms. The predicted octanol–water partition coefficient (Wildman–Crippen LogP) is 3.09. The number of rotatable bonds is 8. The lowest BCUT2D eigenvalue weighted by atomic mass is 10.1. The molecule has 5 nitrogen and oxygen atoms in total. The Morgan fingerprint density at radius 3 is 2.15 bits per heavy atom. The van der Waals surface area contributed by atoms with E-state index in [4.69, 9.17) is 4.74 Å². The molecule has 2 rings (SSSR count). The van der Waals surface area contributed by atoms with Crippen LogP contribution in [0.4, 0.5) is 0 Å². The van der Waals surface area contributed by atoms with Gasteiger partial charge in [-0.15, -0.1) is 0 Å². The van der Waals surface area contributed by atoms with Gasteiger partial charge in [-0.05, 0) is 44.0 Å². The summed E-state index contributed by atoms with van der Waals surface area (Å²) in [5, 5.41) is 1.06. The van der Waals surface area contributed by atoms with Crippen molar-refractivity contribution < 1.29 is 17.9 Å². The van der Waals surface area contributed by atoms with Gasteiger partial charge in [-0.1, -0.05) is 42.5 Å². The molecule has 140 valence electrons. The summed E-state index contributed by atoms with van der Waals surface area (Å²) in [6, 6.07) is 17.1. The van der Waals surface area contributed by atoms with Crippen LogP contribution in [0.2, 0.25) is 0 Å². The van der Waals surface area contributed by atoms with Crippen LogP contribution in [0.3, 0.4) is 0 Å². The molecule has 0 bridgehead atoms. The number of hydrogen-bond acceptors (Lipinski definition) is 4. The Labute approximate surface area is 155 Å². The van der Waals surface area contributed by atoms with Crippen LogP contribution in [-0.2, 0) is 27.8 Å². The Kier molecular flexibility index (Phi) is 6.80. The van der Waals surface area contributed by atoms with E-state index in [-0.39, 0.29) is 6.54 Å². The molecule has 1 atom stereocenters. The van der Waals surface area contributed by atoms with E-state index in [9.17, 15) is 13.2 Å². The number of carbonyl (C=O) groups excluding carboxylic acids is 1. The second-order valence-electron chi connectivity index (χ2n) is 6.37. The van der Waals surface area contributed by atoms with Gasteiger partial charge >= 0.3 is 0 Å². The Balaban J connectivity index is 2.01. The molecule has 1 N–H and O–H groups in total. The first-order valence-corrected chi connectivity index (χ1v) is 10.2. The summed E-state index contributed by atoms with van der Waals surface area (Å²) in [6.07, 6.45) is 0. The highest BCUT2D eigenvalue weighted by molar-refractivity contribution is 7.93. The minimum absolute atomic E-state index is 0.255. The van der Waals surface area contributed by atoms with Crippen LogP contribution in [0.15, 0.2) is 54.6 Å². The van der Waals surface area contributed by atoms with Gasteiger partial charge in [0.2, 0.25) is 5.91 Å². The van der Waals surface area contributed by atoms with Crippen molar-refractivity contribution in [3.05, 3.63) is 65.7 Å². The Morgan fingerprint density at radius 1 is 0.962 bits per heavy atom. The zero-order valence-corrected chi connectivity index (χ0v) is 16.1. The fourth-order valence-corrected chi connectivity index (χ4v) is 3.63. The quantitative estimate of drug-likeness (QED) is 0.769. The molecular formula is C20H25NO4S. The Bertz CT molecular complexity index is 832. The average molecular weight is 375 g/mol. The molecular weight excluding hydrogens is 350 g/mol. The molecule has 0 heterocycles. The standard InChI is InChI=1S/C20H25NO4S/c1-15(2)26(23,24)16(3)20(22)21-13-17-9-7-8-10-18(17)14-25-19-11-5-4-6-12-19/h4-12,15-16H,13-14H2,1-3H3,(H,21,22)/t16-/m1/s1. The molecule has 0 aliphatic carbocycles. The molecule has 0 fully saturated rings. The van der Waals surface area contributed by atoms with Crippen LogP contribution >= 0.6 is 0 Å². The maximum atomic E-state index is 12.2. The molecule has 26 heavy (non-hydrogen) atoms. The first-order chi connectivity index (χ1) is 12.3. The van der Waals surface area contributed by atoms with E-state index in [1.807, 2.05) is 54.6 Å². The highest BCUT2D eigenvalue weighted by Gasteiger charge is 2.30. The normalized spacial score (nSPS) is 12.6. The molecule has 0 aromatic heterocycles. The van der Waals surface area contributed by atoms with Crippen LogP contribution in [0.25, 0.3) is 0 Å². The number of amides is 1. The number of benzene rings is 2. The summed E-state index contributed by atoms with van der Waals surface area (Å²) in [5.41, 5.74) is 1.84. The third-order valence-electron chi connectivity index (χ3n) is 4.23. The summed E-state index contributed by atoms with van der Waals surface area (Å²) >= 11 is 0. The average Bonchev–Trinajstić information content (AvgIpc) is 2.65. The first kappa shape index (κ1) is 20.0. The lowest BCUT2D eigenvalue weighted by molar-refractivity contribution is -0.120. The number of sulfone groups is 1. The number of carbonyl (C=O) groups is 1. The van der Waals surface area contributed by atoms with Crippen molar-refractivity contribution in [2.24, 2.45) is 0 Å². The van der Waals surface area contributed by atoms with Gasteiger partial charge in [0, 0.05) is 6.54 Å². The minimum atomic E-state index is -3.47. The Morgan fingerprint density at radius 2 is 1.54 bits per heavy atom. The van der Waals surface area contributed by atoms with Crippen LogP contribution in [-0.4, -0.2) is 24.8 Å². The van der Waals surface area contributed by atoms with Crippen LogP contribution in [0.1, 0.15) is 31.9 Å². The third kappa shape index (κ3) is 5.08. The Hall–Kier alpha value is -2.34. The molecule has 0 radical (unpaired) electrons. The van der Waals surface area contributed by atoms with Crippen LogP contribution in [0.5, 0.6) is 5.75 Å². The van der Waals surface area contributed by atoms with E-state index in [0.717, 1.165) is 16.9 Å². The fourth-order valence-electron chi connectivity index (χ4n) is 2.43. The number of nitrogens with one attached hydrogen (secondary N) is 1. The predicted molar refractivity (Wildman–Crippen MR) is 103 cm³/mol. The van der Waals surface area contributed by atoms with E-state index in [2.05, 4.69) is 5.32 Å². The lowest BCUT2D eigenvalue weighted by Crippen LogP contribution is -2.40. The molecule has 0 aliphatic rings. The molecule has 0 aliphatic heterocycles. The van der Waals surface area contributed by atoms with Crippen molar-refractivity contribution in [3.63, 3.8) is 0 Å². The van der Waals surface area contributed by atoms with Gasteiger partial charge in [-0.3, -0.25) is 4.79 Å². The molecule has 2 aromatic carbocycles. The van der Waals surface area contributed by atoms with Crippen LogP contribution in [0, 0.1) is 0 Å². The van der Waals surface area contributed by atoms with Crippen molar-refractivity contribution in [1.29, 1.82) is 0 Å². The minimum Gasteiger partial charge on any atom is -0.489 e.